The summed E-state index contributed by atoms with van der Waals surface area (Å²) in [5, 5.41) is 0.604. The molecule has 22 heavy (non-hydrogen) atoms. The second-order valence-corrected chi connectivity index (χ2v) is 6.67. The van der Waals surface area contributed by atoms with E-state index in [9.17, 15) is 4.79 Å². The highest BCUT2D eigenvalue weighted by molar-refractivity contribution is 6.31. The van der Waals surface area contributed by atoms with Gasteiger partial charge >= 0.3 is 0 Å². The smallest absolute Gasteiger partial charge is 0.187 e. The summed E-state index contributed by atoms with van der Waals surface area (Å²) < 4.78 is 0. The standard InChI is InChI=1S/C18H23ClN2O/c19-16-6-3-5-15(13-16)18(22)8-12-21-11-4-7-17(21)14-20-9-1-2-10-20/h3,5-6,8,12-13,17H,1-2,4,7,9-11,14H2/t17-/m0/s1. The predicted octanol–water partition coefficient (Wildman–Crippen LogP) is 3.60. The van der Waals surface area contributed by atoms with Gasteiger partial charge in [0.1, 0.15) is 0 Å². The molecule has 2 aliphatic rings. The Kier molecular flexibility index (Phi) is 5.16. The van der Waals surface area contributed by atoms with Gasteiger partial charge < -0.3 is 9.80 Å². The van der Waals surface area contributed by atoms with Crippen LogP contribution in [0.3, 0.4) is 0 Å². The zero-order chi connectivity index (χ0) is 15.4. The van der Waals surface area contributed by atoms with E-state index >= 15 is 0 Å². The van der Waals surface area contributed by atoms with Crippen LogP contribution in [0.1, 0.15) is 36.0 Å². The number of allylic oxidation sites excluding steroid dienone is 1. The van der Waals surface area contributed by atoms with E-state index in [2.05, 4.69) is 9.80 Å². The molecule has 0 spiro atoms. The SMILES string of the molecule is O=C(C=CN1CCC[C@H]1CN1CCCC1)c1cccc(Cl)c1. The third-order valence-corrected chi connectivity index (χ3v) is 4.85. The van der Waals surface area contributed by atoms with Crippen LogP contribution in [-0.4, -0.2) is 47.8 Å². The van der Waals surface area contributed by atoms with E-state index in [0.29, 0.717) is 16.6 Å². The Balaban J connectivity index is 1.59. The lowest BCUT2D eigenvalue weighted by Crippen LogP contribution is -2.36. The van der Waals surface area contributed by atoms with Gasteiger partial charge in [0.05, 0.1) is 0 Å². The van der Waals surface area contributed by atoms with Crippen LogP contribution in [0.15, 0.2) is 36.5 Å². The quantitative estimate of drug-likeness (QED) is 0.612. The van der Waals surface area contributed by atoms with Crippen molar-refractivity contribution in [3.05, 3.63) is 47.1 Å². The van der Waals surface area contributed by atoms with Gasteiger partial charge in [-0.25, -0.2) is 0 Å². The molecule has 0 saturated carbocycles. The molecule has 2 fully saturated rings. The zero-order valence-corrected chi connectivity index (χ0v) is 13.6. The molecule has 3 rings (SSSR count). The number of nitrogens with zero attached hydrogens (tertiary/aromatic N) is 2. The van der Waals surface area contributed by atoms with Gasteiger partial charge in [0.15, 0.2) is 5.78 Å². The monoisotopic (exact) mass is 318 g/mol. The van der Waals surface area contributed by atoms with Crippen molar-refractivity contribution >= 4 is 17.4 Å². The van der Waals surface area contributed by atoms with Gasteiger partial charge in [-0.15, -0.1) is 0 Å². The van der Waals surface area contributed by atoms with Gasteiger partial charge in [-0.3, -0.25) is 4.79 Å². The molecule has 0 radical (unpaired) electrons. The van der Waals surface area contributed by atoms with Crippen LogP contribution in [0.2, 0.25) is 5.02 Å². The molecular weight excluding hydrogens is 296 g/mol. The normalized spacial score (nSPS) is 22.8. The Morgan fingerprint density at radius 1 is 1.23 bits per heavy atom. The lowest BCUT2D eigenvalue weighted by atomic mass is 10.1. The van der Waals surface area contributed by atoms with Crippen LogP contribution < -0.4 is 0 Å². The lowest BCUT2D eigenvalue weighted by Gasteiger charge is -2.27. The number of likely N-dealkylation sites (tertiary alicyclic amines) is 2. The highest BCUT2D eigenvalue weighted by atomic mass is 35.5. The molecular formula is C18H23ClN2O. The molecule has 118 valence electrons. The molecule has 4 heteroatoms. The van der Waals surface area contributed by atoms with Gasteiger partial charge in [-0.05, 0) is 50.9 Å². The van der Waals surface area contributed by atoms with E-state index in [1.54, 1.807) is 18.2 Å². The number of halogens is 1. The van der Waals surface area contributed by atoms with Crippen LogP contribution in [0.4, 0.5) is 0 Å². The third kappa shape index (κ3) is 3.90. The topological polar surface area (TPSA) is 23.6 Å². The molecule has 2 aliphatic heterocycles. The maximum Gasteiger partial charge on any atom is 0.187 e. The second kappa shape index (κ2) is 7.30. The molecule has 1 aromatic rings. The van der Waals surface area contributed by atoms with E-state index in [-0.39, 0.29) is 5.78 Å². The van der Waals surface area contributed by atoms with E-state index in [1.807, 2.05) is 18.3 Å². The van der Waals surface area contributed by atoms with Crippen molar-refractivity contribution in [1.29, 1.82) is 0 Å². The van der Waals surface area contributed by atoms with E-state index < -0.39 is 0 Å². The van der Waals surface area contributed by atoms with Crippen molar-refractivity contribution in [2.24, 2.45) is 0 Å². The van der Waals surface area contributed by atoms with Gasteiger partial charge in [0.25, 0.3) is 0 Å². The molecule has 0 unspecified atom stereocenters. The first kappa shape index (κ1) is 15.6. The van der Waals surface area contributed by atoms with Crippen molar-refractivity contribution in [1.82, 2.24) is 9.80 Å². The summed E-state index contributed by atoms with van der Waals surface area (Å²) >= 11 is 5.94. The van der Waals surface area contributed by atoms with E-state index in [0.717, 1.165) is 13.1 Å². The Labute approximate surface area is 137 Å². The highest BCUT2D eigenvalue weighted by Crippen LogP contribution is 2.21. The van der Waals surface area contributed by atoms with Crippen molar-refractivity contribution in [3.8, 4) is 0 Å². The number of hydrogen-bond donors (Lipinski definition) is 0. The van der Waals surface area contributed by atoms with Gasteiger partial charge in [0, 0.05) is 42.0 Å². The summed E-state index contributed by atoms with van der Waals surface area (Å²) in [6.45, 7) is 4.65. The van der Waals surface area contributed by atoms with Crippen molar-refractivity contribution < 1.29 is 4.79 Å². The average Bonchev–Trinajstić information content (AvgIpc) is 3.17. The van der Waals surface area contributed by atoms with Crippen LogP contribution in [0.5, 0.6) is 0 Å². The van der Waals surface area contributed by atoms with Crippen molar-refractivity contribution in [3.63, 3.8) is 0 Å². The first-order chi connectivity index (χ1) is 10.7. The molecule has 0 amide bonds. The predicted molar refractivity (Wildman–Crippen MR) is 90.3 cm³/mol. The van der Waals surface area contributed by atoms with Crippen molar-refractivity contribution in [2.75, 3.05) is 26.2 Å². The first-order valence-electron chi connectivity index (χ1n) is 8.18. The van der Waals surface area contributed by atoms with Gasteiger partial charge in [-0.1, -0.05) is 23.7 Å². The molecule has 0 N–H and O–H groups in total. The number of rotatable bonds is 5. The van der Waals surface area contributed by atoms with Crippen LogP contribution in [0, 0.1) is 0 Å². The molecule has 0 bridgehead atoms. The molecule has 1 aromatic carbocycles. The Bertz CT molecular complexity index is 552. The van der Waals surface area contributed by atoms with Crippen LogP contribution in [-0.2, 0) is 0 Å². The minimum Gasteiger partial charge on any atom is -0.373 e. The minimum atomic E-state index is 0.0225. The Morgan fingerprint density at radius 2 is 2.05 bits per heavy atom. The first-order valence-corrected chi connectivity index (χ1v) is 8.56. The maximum absolute atomic E-state index is 12.2. The minimum absolute atomic E-state index is 0.0225. The maximum atomic E-state index is 12.2. The van der Waals surface area contributed by atoms with Crippen LogP contribution >= 0.6 is 11.6 Å². The van der Waals surface area contributed by atoms with Gasteiger partial charge in [-0.2, -0.15) is 0 Å². The van der Waals surface area contributed by atoms with Crippen molar-refractivity contribution in [2.45, 2.75) is 31.7 Å². The number of ketones is 1. The molecule has 2 heterocycles. The lowest BCUT2D eigenvalue weighted by molar-refractivity contribution is 0.104. The molecule has 1 atom stereocenters. The number of carbonyl (C=O) groups is 1. The summed E-state index contributed by atoms with van der Waals surface area (Å²) in [6.07, 6.45) is 8.77. The molecule has 0 aliphatic carbocycles. The molecule has 3 nitrogen and oxygen atoms in total. The van der Waals surface area contributed by atoms with Gasteiger partial charge in [0.2, 0.25) is 0 Å². The third-order valence-electron chi connectivity index (χ3n) is 4.62. The number of benzene rings is 1. The Morgan fingerprint density at radius 3 is 2.82 bits per heavy atom. The number of carbonyl (C=O) groups excluding carboxylic acids is 1. The van der Waals surface area contributed by atoms with E-state index in [4.69, 9.17) is 11.6 Å². The number of hydrogen-bond acceptors (Lipinski definition) is 3. The summed E-state index contributed by atoms with van der Waals surface area (Å²) in [4.78, 5) is 17.1. The fourth-order valence-electron chi connectivity index (χ4n) is 3.41. The summed E-state index contributed by atoms with van der Waals surface area (Å²) in [6, 6.07) is 7.69. The average molecular weight is 319 g/mol. The fourth-order valence-corrected chi connectivity index (χ4v) is 3.61. The second-order valence-electron chi connectivity index (χ2n) is 6.23. The largest absolute Gasteiger partial charge is 0.373 e. The van der Waals surface area contributed by atoms with Crippen LogP contribution in [0.25, 0.3) is 0 Å². The fraction of sp³-hybridized carbons (Fsp3) is 0.500. The summed E-state index contributed by atoms with van der Waals surface area (Å²) in [7, 11) is 0. The Hall–Kier alpha value is -1.32. The highest BCUT2D eigenvalue weighted by Gasteiger charge is 2.25. The molecule has 0 aromatic heterocycles. The summed E-state index contributed by atoms with van der Waals surface area (Å²) in [5.74, 6) is 0.0225. The van der Waals surface area contributed by atoms with E-state index in [1.165, 1.54) is 38.8 Å². The zero-order valence-electron chi connectivity index (χ0n) is 12.9. The molecule has 2 saturated heterocycles. The summed E-state index contributed by atoms with van der Waals surface area (Å²) in [5.41, 5.74) is 0.652.